The number of carbonyl (C=O) groups excluding carboxylic acids is 3. The number of phenolic OH excluding ortho intramolecular Hbond substituents is 3. The third-order valence-electron chi connectivity index (χ3n) is 16.9. The van der Waals surface area contributed by atoms with Crippen molar-refractivity contribution < 1.29 is 84.7 Å². The maximum atomic E-state index is 14.1. The van der Waals surface area contributed by atoms with E-state index in [-0.39, 0.29) is 106 Å². The Labute approximate surface area is 556 Å². The van der Waals surface area contributed by atoms with Gasteiger partial charge >= 0.3 is 0 Å². The predicted molar refractivity (Wildman–Crippen MR) is 359 cm³/mol. The smallest absolute Gasteiger partial charge is 0.263 e. The number of fused-ring (bicyclic) bond motifs is 3. The molecular formula is C76H68F3N3O15. The molecule has 12 rings (SSSR count). The zero-order valence-electron chi connectivity index (χ0n) is 54.5. The number of halogens is 3. The van der Waals surface area contributed by atoms with Crippen LogP contribution in [-0.2, 0) is 11.2 Å². The summed E-state index contributed by atoms with van der Waals surface area (Å²) in [5.41, 5.74) is 15.5. The lowest BCUT2D eigenvalue weighted by Gasteiger charge is -2.11. The number of benzene rings is 6. The molecule has 3 N–H and O–H groups in total. The predicted octanol–water partition coefficient (Wildman–Crippen LogP) is 16.5. The molecule has 0 saturated carbocycles. The van der Waals surface area contributed by atoms with E-state index < -0.39 is 0 Å². The minimum Gasteiger partial charge on any atom is -0.502 e. The lowest BCUT2D eigenvalue weighted by Crippen LogP contribution is -2.02. The fourth-order valence-electron chi connectivity index (χ4n) is 12.0. The van der Waals surface area contributed by atoms with E-state index in [9.17, 15) is 42.9 Å². The number of ketones is 3. The second kappa shape index (κ2) is 30.2. The minimum atomic E-state index is -0.345. The molecule has 3 aliphatic carbocycles. The minimum absolute atomic E-state index is 0.0236. The van der Waals surface area contributed by atoms with Crippen LogP contribution in [0.1, 0.15) is 136 Å². The van der Waals surface area contributed by atoms with Gasteiger partial charge in [0.05, 0.1) is 67.7 Å². The van der Waals surface area contributed by atoms with Crippen molar-refractivity contribution in [1.29, 1.82) is 0 Å². The van der Waals surface area contributed by atoms with Crippen molar-refractivity contribution in [2.45, 2.75) is 65.7 Å². The van der Waals surface area contributed by atoms with Crippen molar-refractivity contribution in [2.75, 3.05) is 42.7 Å². The SMILES string of the molecule is COc1cc(/C=C2/C(C)=C(CCC(=O)Cc3ccno3)c3cc(F)ccc32)cc(OC)c1O.COc1cc(/C=C2/C(C)=C(CCC(=O)c3cnco3)c3cc(F)ccc32)cc(OC)c1O.COc1cc(/C=C2/C(C)=C(CCC(=O)c3ncco3)c3cc(F)ccc32)cc(OC)c1O. The standard InChI is InChI=1S/C26H24FNO5.2C25H22FNO5/c1-15-20(7-5-18(29)14-19-8-9-28-33-19)23-13-17(27)4-6-21(23)22(15)10-16-11-24(31-2)26(30)25(12-16)32-3;1-14-17(6-7-21(28)24-12-27-13-32-24)20-11-16(26)4-5-18(20)19(14)8-15-9-22(30-2)25(29)23(10-15)31-3;1-14-17(6-7-21(28)25-27-8-9-32-25)20-13-16(26)4-5-18(20)19(14)10-15-11-22(30-2)24(29)23(12-15)31-3/h4,6,8-13,30H,5,7,14H2,1-3H3;2*4-5,8-13,29H,6-7H2,1-3H3/b22-10-;19-8-;19-10-. The van der Waals surface area contributed by atoms with Gasteiger partial charge in [0.2, 0.25) is 23.0 Å². The third kappa shape index (κ3) is 15.0. The van der Waals surface area contributed by atoms with Crippen LogP contribution in [0.15, 0.2) is 158 Å². The summed E-state index contributed by atoms with van der Waals surface area (Å²) in [6, 6.07) is 25.9. The van der Waals surface area contributed by atoms with Gasteiger partial charge in [-0.05, 0) is 231 Å². The van der Waals surface area contributed by atoms with Crippen molar-refractivity contribution >= 4 is 69.0 Å². The van der Waals surface area contributed by atoms with Crippen LogP contribution in [0.5, 0.6) is 51.7 Å². The van der Waals surface area contributed by atoms with E-state index in [4.69, 9.17) is 41.8 Å². The van der Waals surface area contributed by atoms with E-state index in [0.29, 0.717) is 42.9 Å². The molecule has 0 unspecified atom stereocenters. The number of rotatable bonds is 22. The lowest BCUT2D eigenvalue weighted by molar-refractivity contribution is -0.118. The fraction of sp³-hybridized carbons (Fsp3) is 0.211. The third-order valence-corrected chi connectivity index (χ3v) is 16.9. The number of hydrogen-bond donors (Lipinski definition) is 3. The van der Waals surface area contributed by atoms with E-state index >= 15 is 0 Å². The van der Waals surface area contributed by atoms with Gasteiger partial charge in [-0.15, -0.1) is 0 Å². The van der Waals surface area contributed by atoms with Crippen molar-refractivity contribution in [3.05, 3.63) is 230 Å². The van der Waals surface area contributed by atoms with Crippen LogP contribution in [-0.4, -0.2) is 90.5 Å². The number of aromatic hydroxyl groups is 3. The summed E-state index contributed by atoms with van der Waals surface area (Å²) in [5, 5.41) is 34.2. The molecule has 0 fully saturated rings. The number of hydrogen-bond acceptors (Lipinski definition) is 18. The Balaban J connectivity index is 0.000000158. The number of aromatic nitrogens is 3. The van der Waals surface area contributed by atoms with E-state index in [1.54, 1.807) is 60.7 Å². The number of methoxy groups -OCH3 is 6. The molecule has 0 aliphatic heterocycles. The summed E-state index contributed by atoms with van der Waals surface area (Å²) in [6.07, 6.45) is 14.9. The first-order valence-corrected chi connectivity index (χ1v) is 30.5. The van der Waals surface area contributed by atoms with Gasteiger partial charge in [-0.2, -0.15) is 0 Å². The van der Waals surface area contributed by atoms with Crippen LogP contribution < -0.4 is 28.4 Å². The normalized spacial score (nSPS) is 14.0. The van der Waals surface area contributed by atoms with Crippen molar-refractivity contribution in [1.82, 2.24) is 15.1 Å². The van der Waals surface area contributed by atoms with E-state index in [2.05, 4.69) is 15.1 Å². The Bertz CT molecular complexity index is 4400. The van der Waals surface area contributed by atoms with Crippen LogP contribution in [0, 0.1) is 17.5 Å². The monoisotopic (exact) mass is 1320 g/mol. The fourth-order valence-corrected chi connectivity index (χ4v) is 12.0. The summed E-state index contributed by atoms with van der Waals surface area (Å²) in [5.74, 6) is 0.924. The second-order valence-corrected chi connectivity index (χ2v) is 22.6. The highest BCUT2D eigenvalue weighted by atomic mass is 19.1. The Kier molecular flexibility index (Phi) is 21.3. The largest absolute Gasteiger partial charge is 0.502 e. The van der Waals surface area contributed by atoms with Crippen LogP contribution in [0.3, 0.4) is 0 Å². The van der Waals surface area contributed by atoms with Crippen LogP contribution >= 0.6 is 0 Å². The summed E-state index contributed by atoms with van der Waals surface area (Å²) in [7, 11) is 8.80. The molecule has 3 aromatic heterocycles. The number of nitrogens with zero attached hydrogens (tertiary/aromatic N) is 3. The summed E-state index contributed by atoms with van der Waals surface area (Å²) in [4.78, 5) is 44.9. The Morgan fingerprint density at radius 3 is 1.19 bits per heavy atom. The molecule has 9 aromatic rings. The average Bonchev–Trinajstić information content (AvgIpc) is 1.09. The molecule has 21 heteroatoms. The van der Waals surface area contributed by atoms with Crippen molar-refractivity contribution in [3.63, 3.8) is 0 Å². The van der Waals surface area contributed by atoms with Gasteiger partial charge in [0.25, 0.3) is 5.89 Å². The molecule has 0 atom stereocenters. The summed E-state index contributed by atoms with van der Waals surface area (Å²) in [6.45, 7) is 5.87. The van der Waals surface area contributed by atoms with Crippen molar-refractivity contribution in [3.8, 4) is 51.7 Å². The Morgan fingerprint density at radius 1 is 0.474 bits per heavy atom. The molecule has 0 saturated heterocycles. The van der Waals surface area contributed by atoms with Crippen molar-refractivity contribution in [2.24, 2.45) is 0 Å². The van der Waals surface area contributed by atoms with E-state index in [1.165, 1.54) is 110 Å². The van der Waals surface area contributed by atoms with E-state index in [0.717, 1.165) is 100 Å². The Morgan fingerprint density at radius 2 is 0.856 bits per heavy atom. The molecule has 18 nitrogen and oxygen atoms in total. The van der Waals surface area contributed by atoms with Gasteiger partial charge in [0.15, 0.2) is 52.4 Å². The topological polar surface area (TPSA) is 245 Å². The summed E-state index contributed by atoms with van der Waals surface area (Å²) < 4.78 is 89.0. The van der Waals surface area contributed by atoms with Gasteiger partial charge < -0.3 is 57.1 Å². The molecule has 498 valence electrons. The second-order valence-electron chi connectivity index (χ2n) is 22.6. The highest BCUT2D eigenvalue weighted by Crippen LogP contribution is 2.50. The zero-order chi connectivity index (χ0) is 69.2. The number of oxazole rings is 2. The number of carbonyl (C=O) groups is 3. The van der Waals surface area contributed by atoms with Gasteiger partial charge in [0.1, 0.15) is 35.3 Å². The molecule has 3 heterocycles. The molecule has 3 aliphatic rings. The molecule has 0 amide bonds. The Hall–Kier alpha value is -11.6. The molecule has 97 heavy (non-hydrogen) atoms. The molecule has 0 bridgehead atoms. The first-order valence-electron chi connectivity index (χ1n) is 30.5. The van der Waals surface area contributed by atoms with Crippen LogP contribution in [0.2, 0.25) is 0 Å². The molecule has 0 spiro atoms. The lowest BCUT2D eigenvalue weighted by atomic mass is 9.98. The summed E-state index contributed by atoms with van der Waals surface area (Å²) >= 11 is 0. The zero-order valence-corrected chi connectivity index (χ0v) is 54.5. The average molecular weight is 1320 g/mol. The number of allylic oxidation sites excluding steroid dienone is 9. The quantitative estimate of drug-likeness (QED) is 0.0534. The van der Waals surface area contributed by atoms with Gasteiger partial charge in [0, 0.05) is 25.3 Å². The first-order chi connectivity index (χ1) is 46.7. The van der Waals surface area contributed by atoms with Gasteiger partial charge in [-0.3, -0.25) is 14.4 Å². The maximum Gasteiger partial charge on any atom is 0.263 e. The maximum absolute atomic E-state index is 14.1. The van der Waals surface area contributed by atoms with Gasteiger partial charge in [-0.25, -0.2) is 23.1 Å². The number of phenols is 3. The highest BCUT2D eigenvalue weighted by molar-refractivity contribution is 6.08. The highest BCUT2D eigenvalue weighted by Gasteiger charge is 2.29. The number of ether oxygens (including phenoxy) is 6. The molecular weight excluding hydrogens is 1250 g/mol. The van der Waals surface area contributed by atoms with Crippen LogP contribution in [0.4, 0.5) is 13.2 Å². The first kappa shape index (κ1) is 68.3. The number of Topliss-reactive ketones (excluding diaryl/α,β-unsaturated/α-hetero) is 3. The van der Waals surface area contributed by atoms with Gasteiger partial charge in [-0.1, -0.05) is 23.4 Å². The van der Waals surface area contributed by atoms with Crippen LogP contribution in [0.25, 0.3) is 51.7 Å². The van der Waals surface area contributed by atoms with E-state index in [1.807, 2.05) is 39.0 Å². The molecule has 6 aromatic carbocycles. The molecule has 0 radical (unpaired) electrons.